The third-order valence-corrected chi connectivity index (χ3v) is 5.35. The lowest BCUT2D eigenvalue weighted by atomic mass is 9.53. The average Bonchev–Trinajstić information content (AvgIpc) is 2.24. The molecule has 5 heteroatoms. The van der Waals surface area contributed by atoms with E-state index in [0.717, 1.165) is 17.8 Å². The van der Waals surface area contributed by atoms with Gasteiger partial charge in [-0.25, -0.2) is 4.79 Å². The molecule has 3 amide bonds. The fraction of sp³-hybridized carbons (Fsp3) is 0.857. The van der Waals surface area contributed by atoms with Gasteiger partial charge in [0.25, 0.3) is 5.91 Å². The number of hydrogen-bond acceptors (Lipinski definition) is 2. The number of nitrogens with two attached hydrogens (primary N) is 2. The number of nitrogens with one attached hydrogen (secondary N) is 1. The topological polar surface area (TPSA) is 88.8 Å². The summed E-state index contributed by atoms with van der Waals surface area (Å²) in [6, 6.07) is -0.987. The van der Waals surface area contributed by atoms with E-state index in [1.165, 1.54) is 38.5 Å². The van der Waals surface area contributed by atoms with Crippen molar-refractivity contribution in [3.05, 3.63) is 0 Å². The summed E-state index contributed by atoms with van der Waals surface area (Å²) in [5, 5.41) is 4.41. The van der Waals surface area contributed by atoms with E-state index in [0.29, 0.717) is 0 Å². The normalized spacial score (nSPS) is 41.0. The lowest BCUT2D eigenvalue weighted by Crippen LogP contribution is -3.04. The molecular formula is C14H24N3O2+. The Hall–Kier alpha value is -1.10. The molecule has 4 aliphatic rings. The number of primary amides is 1. The number of quaternary nitrogens is 1. The van der Waals surface area contributed by atoms with Crippen molar-refractivity contribution >= 4 is 11.9 Å². The minimum absolute atomic E-state index is 0.233. The summed E-state index contributed by atoms with van der Waals surface area (Å²) >= 11 is 0. The largest absolute Gasteiger partial charge is 0.351 e. The van der Waals surface area contributed by atoms with Gasteiger partial charge in [0.15, 0.2) is 6.04 Å². The summed E-state index contributed by atoms with van der Waals surface area (Å²) in [7, 11) is 0. The summed E-state index contributed by atoms with van der Waals surface area (Å²) in [6.07, 6.45) is 7.92. The molecule has 0 saturated heterocycles. The second-order valence-electron chi connectivity index (χ2n) is 7.09. The molecule has 0 aromatic heterocycles. The molecule has 5 nitrogen and oxygen atoms in total. The second kappa shape index (κ2) is 4.47. The van der Waals surface area contributed by atoms with Crippen LogP contribution in [0, 0.1) is 17.8 Å². The highest BCUT2D eigenvalue weighted by Gasteiger charge is 2.54. The van der Waals surface area contributed by atoms with Crippen molar-refractivity contribution in [1.29, 1.82) is 0 Å². The van der Waals surface area contributed by atoms with Gasteiger partial charge in [0, 0.05) is 19.3 Å². The van der Waals surface area contributed by atoms with E-state index in [1.807, 2.05) is 6.92 Å². The first kappa shape index (κ1) is 12.9. The lowest BCUT2D eigenvalue weighted by Gasteiger charge is -2.55. The fourth-order valence-electron chi connectivity index (χ4n) is 5.22. The molecule has 4 fully saturated rings. The van der Waals surface area contributed by atoms with E-state index in [4.69, 9.17) is 5.73 Å². The number of rotatable bonds is 3. The quantitative estimate of drug-likeness (QED) is 0.676. The average molecular weight is 266 g/mol. The highest BCUT2D eigenvalue weighted by molar-refractivity contribution is 5.95. The molecule has 1 atom stereocenters. The molecule has 4 aliphatic carbocycles. The van der Waals surface area contributed by atoms with Crippen LogP contribution >= 0.6 is 0 Å². The zero-order valence-electron chi connectivity index (χ0n) is 11.5. The van der Waals surface area contributed by atoms with Gasteiger partial charge in [-0.3, -0.25) is 10.1 Å². The smallest absolute Gasteiger partial charge is 0.319 e. The summed E-state index contributed by atoms with van der Waals surface area (Å²) < 4.78 is 0. The Morgan fingerprint density at radius 1 is 1.16 bits per heavy atom. The molecule has 4 rings (SSSR count). The van der Waals surface area contributed by atoms with E-state index in [9.17, 15) is 9.59 Å². The van der Waals surface area contributed by atoms with Crippen LogP contribution in [0.3, 0.4) is 0 Å². The van der Waals surface area contributed by atoms with E-state index >= 15 is 0 Å². The predicted molar refractivity (Wildman–Crippen MR) is 70.0 cm³/mol. The standard InChI is InChI=1S/C14H23N3O2/c1-8(12(18)16-13(15)19)17-14-5-9-2-10(6-14)4-11(3-9)7-14/h8-11,17H,2-7H2,1H3,(H3,15,16,18,19)/p+1/t8-,9?,10?,11?,14?/m0/s1. The molecule has 19 heavy (non-hydrogen) atoms. The molecule has 0 aromatic carbocycles. The number of amides is 3. The van der Waals surface area contributed by atoms with Gasteiger partial charge in [-0.2, -0.15) is 0 Å². The van der Waals surface area contributed by atoms with Crippen LogP contribution in [-0.4, -0.2) is 23.5 Å². The zero-order valence-corrected chi connectivity index (χ0v) is 11.5. The first-order chi connectivity index (χ1) is 8.96. The third-order valence-electron chi connectivity index (χ3n) is 5.35. The van der Waals surface area contributed by atoms with Gasteiger partial charge in [-0.15, -0.1) is 0 Å². The van der Waals surface area contributed by atoms with E-state index < -0.39 is 6.03 Å². The van der Waals surface area contributed by atoms with Crippen molar-refractivity contribution < 1.29 is 14.9 Å². The molecule has 0 unspecified atom stereocenters. The molecule has 5 N–H and O–H groups in total. The van der Waals surface area contributed by atoms with Crippen molar-refractivity contribution in [2.75, 3.05) is 0 Å². The van der Waals surface area contributed by atoms with Crippen LogP contribution in [0.25, 0.3) is 0 Å². The number of imide groups is 1. The molecule has 106 valence electrons. The van der Waals surface area contributed by atoms with Crippen LogP contribution < -0.4 is 16.4 Å². The highest BCUT2D eigenvalue weighted by atomic mass is 16.2. The molecule has 0 heterocycles. The van der Waals surface area contributed by atoms with E-state index in [2.05, 4.69) is 10.6 Å². The van der Waals surface area contributed by atoms with Gasteiger partial charge in [-0.1, -0.05) is 0 Å². The summed E-state index contributed by atoms with van der Waals surface area (Å²) in [6.45, 7) is 1.87. The van der Waals surface area contributed by atoms with Crippen molar-refractivity contribution in [1.82, 2.24) is 5.32 Å². The maximum Gasteiger partial charge on any atom is 0.319 e. The van der Waals surface area contributed by atoms with Crippen molar-refractivity contribution in [2.24, 2.45) is 23.5 Å². The fourth-order valence-corrected chi connectivity index (χ4v) is 5.22. The summed E-state index contributed by atoms with van der Waals surface area (Å²) in [4.78, 5) is 22.6. The number of carbonyl (C=O) groups excluding carboxylic acids is 2. The van der Waals surface area contributed by atoms with Crippen LogP contribution in [0.2, 0.25) is 0 Å². The molecule has 4 saturated carbocycles. The zero-order chi connectivity index (χ0) is 13.6. The van der Waals surface area contributed by atoms with Crippen molar-refractivity contribution in [3.63, 3.8) is 0 Å². The van der Waals surface area contributed by atoms with Crippen molar-refractivity contribution in [3.8, 4) is 0 Å². The SMILES string of the molecule is C[C@H]([NH2+]C12CC3CC(CC(C3)C1)C2)C(=O)NC(N)=O. The number of urea groups is 1. The summed E-state index contributed by atoms with van der Waals surface area (Å²) in [5.74, 6) is 2.35. The Labute approximate surface area is 113 Å². The predicted octanol–water partition coefficient (Wildman–Crippen LogP) is 0.102. The van der Waals surface area contributed by atoms with Gasteiger partial charge in [-0.05, 0) is 43.9 Å². The molecule has 0 aliphatic heterocycles. The van der Waals surface area contributed by atoms with Crippen LogP contribution in [-0.2, 0) is 4.79 Å². The Balaban J connectivity index is 1.66. The minimum Gasteiger partial charge on any atom is -0.351 e. The van der Waals surface area contributed by atoms with Gasteiger partial charge < -0.3 is 11.1 Å². The first-order valence-corrected chi connectivity index (χ1v) is 7.42. The lowest BCUT2D eigenvalue weighted by molar-refractivity contribution is -0.754. The van der Waals surface area contributed by atoms with Gasteiger partial charge >= 0.3 is 6.03 Å². The van der Waals surface area contributed by atoms with Crippen LogP contribution in [0.1, 0.15) is 45.4 Å². The van der Waals surface area contributed by atoms with Crippen LogP contribution in [0.5, 0.6) is 0 Å². The Morgan fingerprint density at radius 2 is 1.63 bits per heavy atom. The van der Waals surface area contributed by atoms with Gasteiger partial charge in [0.1, 0.15) is 0 Å². The Bertz CT molecular complexity index is 372. The maximum absolute atomic E-state index is 11.8. The van der Waals surface area contributed by atoms with Gasteiger partial charge in [0.2, 0.25) is 0 Å². The molecule has 4 bridgehead atoms. The monoisotopic (exact) mass is 266 g/mol. The number of hydrogen-bond donors (Lipinski definition) is 3. The number of carbonyl (C=O) groups is 2. The molecular weight excluding hydrogens is 242 g/mol. The van der Waals surface area contributed by atoms with Crippen molar-refractivity contribution in [2.45, 2.75) is 57.0 Å². The Morgan fingerprint density at radius 3 is 2.05 bits per heavy atom. The molecule has 0 aromatic rings. The highest BCUT2D eigenvalue weighted by Crippen LogP contribution is 2.54. The Kier molecular flexibility index (Phi) is 3.04. The van der Waals surface area contributed by atoms with E-state index in [1.54, 1.807) is 0 Å². The maximum atomic E-state index is 11.8. The van der Waals surface area contributed by atoms with Crippen LogP contribution in [0.4, 0.5) is 4.79 Å². The summed E-state index contributed by atoms with van der Waals surface area (Å²) in [5.41, 5.74) is 5.26. The van der Waals surface area contributed by atoms with Crippen LogP contribution in [0.15, 0.2) is 0 Å². The van der Waals surface area contributed by atoms with E-state index in [-0.39, 0.29) is 17.5 Å². The third kappa shape index (κ3) is 2.48. The molecule has 0 spiro atoms. The minimum atomic E-state index is -0.754. The second-order valence-corrected chi connectivity index (χ2v) is 7.09. The van der Waals surface area contributed by atoms with Gasteiger partial charge in [0.05, 0.1) is 5.54 Å². The molecule has 0 radical (unpaired) electrons. The first-order valence-electron chi connectivity index (χ1n) is 7.42.